The first-order valence-electron chi connectivity index (χ1n) is 5.18. The molecule has 3 heteroatoms. The first kappa shape index (κ1) is 9.51. The molecule has 2 aliphatic heterocycles. The standard InChI is InChI=1S/C13H9S3/c1-3-7-11-9(5-1)14-13-15-10-6-2-4-8-12(10)16(11)13/h1-8,13H/q+1. The average molecular weight is 261 g/mol. The molecule has 0 bridgehead atoms. The molecule has 0 nitrogen and oxygen atoms in total. The van der Waals surface area contributed by atoms with Crippen LogP contribution in [0.15, 0.2) is 68.1 Å². The summed E-state index contributed by atoms with van der Waals surface area (Å²) in [5.74, 6) is 0. The van der Waals surface area contributed by atoms with Gasteiger partial charge in [-0.05, 0) is 24.3 Å². The summed E-state index contributed by atoms with van der Waals surface area (Å²) in [5.41, 5.74) is 0. The molecule has 2 aromatic rings. The summed E-state index contributed by atoms with van der Waals surface area (Å²) in [5, 5.41) is 0. The van der Waals surface area contributed by atoms with Crippen LogP contribution in [0.1, 0.15) is 0 Å². The topological polar surface area (TPSA) is 0 Å². The molecule has 16 heavy (non-hydrogen) atoms. The van der Waals surface area contributed by atoms with E-state index in [1.165, 1.54) is 9.79 Å². The molecule has 0 spiro atoms. The van der Waals surface area contributed by atoms with Gasteiger partial charge in [-0.2, -0.15) is 0 Å². The molecule has 0 aliphatic carbocycles. The highest BCUT2D eigenvalue weighted by atomic mass is 32.3. The molecule has 0 fully saturated rings. The van der Waals surface area contributed by atoms with E-state index in [1.54, 1.807) is 9.79 Å². The van der Waals surface area contributed by atoms with Crippen molar-refractivity contribution in [1.29, 1.82) is 0 Å². The third kappa shape index (κ3) is 1.22. The molecule has 0 amide bonds. The Bertz CT molecular complexity index is 515. The van der Waals surface area contributed by atoms with Gasteiger partial charge in [0.1, 0.15) is 0 Å². The van der Waals surface area contributed by atoms with E-state index in [2.05, 4.69) is 48.5 Å². The molecule has 2 aromatic carbocycles. The molecular weight excluding hydrogens is 252 g/mol. The van der Waals surface area contributed by atoms with E-state index in [9.17, 15) is 0 Å². The van der Waals surface area contributed by atoms with Crippen molar-refractivity contribution in [2.24, 2.45) is 0 Å². The van der Waals surface area contributed by atoms with Crippen LogP contribution in [0, 0.1) is 0 Å². The molecule has 2 aliphatic rings. The summed E-state index contributed by atoms with van der Waals surface area (Å²) in [6.07, 6.45) is 0. The number of thioether (sulfide) groups is 2. The van der Waals surface area contributed by atoms with E-state index in [4.69, 9.17) is 0 Å². The van der Waals surface area contributed by atoms with Crippen LogP contribution in [0.4, 0.5) is 0 Å². The normalized spacial score (nSPS) is 25.0. The maximum Gasteiger partial charge on any atom is 0.229 e. The molecule has 0 aromatic heterocycles. The largest absolute Gasteiger partial charge is 0.229 e. The van der Waals surface area contributed by atoms with E-state index in [0.29, 0.717) is 14.8 Å². The molecule has 0 saturated carbocycles. The van der Waals surface area contributed by atoms with Gasteiger partial charge in [0.05, 0.1) is 20.7 Å². The van der Waals surface area contributed by atoms with Gasteiger partial charge in [0.25, 0.3) is 0 Å². The zero-order valence-electron chi connectivity index (χ0n) is 8.42. The van der Waals surface area contributed by atoms with Gasteiger partial charge < -0.3 is 0 Å². The van der Waals surface area contributed by atoms with E-state index in [1.807, 2.05) is 23.5 Å². The smallest absolute Gasteiger partial charge is 0.0608 e. The Morgan fingerprint density at radius 3 is 1.81 bits per heavy atom. The summed E-state index contributed by atoms with van der Waals surface area (Å²) in [6, 6.07) is 17.7. The minimum Gasteiger partial charge on any atom is -0.0608 e. The lowest BCUT2D eigenvalue weighted by molar-refractivity contribution is 1.21. The van der Waals surface area contributed by atoms with E-state index >= 15 is 0 Å². The SMILES string of the molecule is c1ccc2c(c1)SC1Sc3ccccc3[S+]21. The van der Waals surface area contributed by atoms with Crippen LogP contribution in [0.25, 0.3) is 0 Å². The average Bonchev–Trinajstić information content (AvgIpc) is 2.83. The van der Waals surface area contributed by atoms with Gasteiger partial charge in [-0.25, -0.2) is 0 Å². The second kappa shape index (κ2) is 3.49. The van der Waals surface area contributed by atoms with Gasteiger partial charge in [-0.15, -0.1) is 0 Å². The van der Waals surface area contributed by atoms with Crippen molar-refractivity contribution in [3.8, 4) is 0 Å². The monoisotopic (exact) mass is 261 g/mol. The Morgan fingerprint density at radius 2 is 1.25 bits per heavy atom. The van der Waals surface area contributed by atoms with Crippen molar-refractivity contribution < 1.29 is 0 Å². The van der Waals surface area contributed by atoms with Crippen LogP contribution in [0.3, 0.4) is 0 Å². The first-order chi connectivity index (χ1) is 7.93. The second-order valence-electron chi connectivity index (χ2n) is 3.76. The predicted molar refractivity (Wildman–Crippen MR) is 72.3 cm³/mol. The van der Waals surface area contributed by atoms with Crippen molar-refractivity contribution in [3.05, 3.63) is 48.5 Å². The summed E-state index contributed by atoms with van der Waals surface area (Å²) in [4.78, 5) is 6.07. The molecule has 78 valence electrons. The lowest BCUT2D eigenvalue weighted by Gasteiger charge is -1.98. The zero-order chi connectivity index (χ0) is 10.5. The Labute approximate surface area is 106 Å². The highest BCUT2D eigenvalue weighted by Crippen LogP contribution is 2.59. The number of fused-ring (bicyclic) bond motifs is 5. The fraction of sp³-hybridized carbons (Fsp3) is 0.0769. The maximum atomic E-state index is 2.30. The van der Waals surface area contributed by atoms with Crippen LogP contribution in [-0.2, 0) is 10.9 Å². The Hall–Kier alpha value is -0.510. The fourth-order valence-electron chi connectivity index (χ4n) is 2.11. The minimum atomic E-state index is 0.308. The van der Waals surface area contributed by atoms with Crippen molar-refractivity contribution in [2.45, 2.75) is 23.5 Å². The van der Waals surface area contributed by atoms with Crippen LogP contribution in [-0.4, -0.2) is 3.91 Å². The Morgan fingerprint density at radius 1 is 0.750 bits per heavy atom. The van der Waals surface area contributed by atoms with E-state index < -0.39 is 0 Å². The lowest BCUT2D eigenvalue weighted by Crippen LogP contribution is -2.03. The van der Waals surface area contributed by atoms with Gasteiger partial charge in [-0.1, -0.05) is 47.8 Å². The van der Waals surface area contributed by atoms with E-state index in [0.717, 1.165) is 0 Å². The van der Waals surface area contributed by atoms with E-state index in [-0.39, 0.29) is 0 Å². The number of benzene rings is 2. The summed E-state index contributed by atoms with van der Waals surface area (Å²) >= 11 is 4.08. The number of hydrogen-bond acceptors (Lipinski definition) is 2. The van der Waals surface area contributed by atoms with Crippen molar-refractivity contribution in [2.75, 3.05) is 0 Å². The third-order valence-corrected chi connectivity index (χ3v) is 9.03. The Balaban J connectivity index is 1.93. The predicted octanol–water partition coefficient (Wildman–Crippen LogP) is 4.22. The van der Waals surface area contributed by atoms with Crippen LogP contribution >= 0.6 is 23.5 Å². The summed E-state index contributed by atoms with van der Waals surface area (Å²) in [7, 11) is 0.308. The first-order valence-corrected chi connectivity index (χ1v) is 8.23. The van der Waals surface area contributed by atoms with Gasteiger partial charge in [-0.3, -0.25) is 0 Å². The number of rotatable bonds is 0. The molecule has 0 unspecified atom stereocenters. The lowest BCUT2D eigenvalue weighted by atomic mass is 10.4. The van der Waals surface area contributed by atoms with Crippen molar-refractivity contribution >= 4 is 34.4 Å². The molecule has 2 heterocycles. The molecule has 4 rings (SSSR count). The third-order valence-electron chi connectivity index (χ3n) is 2.81. The molecule has 0 N–H and O–H groups in total. The van der Waals surface area contributed by atoms with Crippen molar-refractivity contribution in [3.63, 3.8) is 0 Å². The van der Waals surface area contributed by atoms with Crippen molar-refractivity contribution in [1.82, 2.24) is 0 Å². The molecule has 0 radical (unpaired) electrons. The summed E-state index contributed by atoms with van der Waals surface area (Å²) in [6.45, 7) is 0. The zero-order valence-corrected chi connectivity index (χ0v) is 10.9. The van der Waals surface area contributed by atoms with Gasteiger partial charge in [0.15, 0.2) is 9.79 Å². The fourth-order valence-corrected chi connectivity index (χ4v) is 9.16. The van der Waals surface area contributed by atoms with Crippen LogP contribution in [0.5, 0.6) is 0 Å². The molecule has 0 saturated heterocycles. The molecular formula is C13H9S3+. The summed E-state index contributed by atoms with van der Waals surface area (Å²) < 4.78 is 0.690. The van der Waals surface area contributed by atoms with Gasteiger partial charge >= 0.3 is 0 Å². The molecule has 0 atom stereocenters. The highest BCUT2D eigenvalue weighted by Gasteiger charge is 2.51. The Kier molecular flexibility index (Phi) is 2.07. The van der Waals surface area contributed by atoms with Crippen LogP contribution in [0.2, 0.25) is 0 Å². The van der Waals surface area contributed by atoms with Gasteiger partial charge in [0.2, 0.25) is 3.91 Å². The quantitative estimate of drug-likeness (QED) is 0.651. The highest BCUT2D eigenvalue weighted by molar-refractivity contribution is 8.34. The minimum absolute atomic E-state index is 0.308. The second-order valence-corrected chi connectivity index (χ2v) is 8.97. The van der Waals surface area contributed by atoms with Crippen LogP contribution < -0.4 is 0 Å². The number of hydrogen-bond donors (Lipinski definition) is 0. The maximum absolute atomic E-state index is 2.30. The van der Waals surface area contributed by atoms with Gasteiger partial charge in [0, 0.05) is 0 Å².